The average Bonchev–Trinajstić information content (AvgIpc) is 3.48. The largest absolute Gasteiger partial charge is 0.455 e. The zero-order chi connectivity index (χ0) is 30.0. The predicted octanol–water partition coefficient (Wildman–Crippen LogP) is 10.7. The molecule has 1 aromatic heterocycles. The van der Waals surface area contributed by atoms with Crippen LogP contribution in [0.25, 0.3) is 49.0 Å². The van der Waals surface area contributed by atoms with E-state index in [-0.39, 0.29) is 0 Å². The molecule has 0 atom stereocenters. The minimum Gasteiger partial charge on any atom is -0.455 e. The Bertz CT molecular complexity index is 2260. The molecule has 7 aromatic rings. The molecule has 0 aliphatic carbocycles. The van der Waals surface area contributed by atoms with Crippen LogP contribution in [-0.2, 0) is 0 Å². The van der Waals surface area contributed by atoms with Crippen molar-refractivity contribution in [1.82, 2.24) is 0 Å². The van der Waals surface area contributed by atoms with E-state index in [0.717, 1.165) is 61.3 Å². The van der Waals surface area contributed by atoms with Crippen LogP contribution in [0.3, 0.4) is 0 Å². The number of anilines is 3. The molecule has 5 heteroatoms. The maximum absolute atomic E-state index is 9.42. The van der Waals surface area contributed by atoms with Gasteiger partial charge >= 0.3 is 0 Å². The molecule has 0 saturated heterocycles. The molecule has 0 aliphatic heterocycles. The fraction of sp³-hybridized carbons (Fsp3) is 0. The van der Waals surface area contributed by atoms with Crippen LogP contribution in [-0.4, -0.2) is 0 Å². The second-order valence-electron chi connectivity index (χ2n) is 10.4. The molecule has 6 aromatic carbocycles. The van der Waals surface area contributed by atoms with E-state index in [9.17, 15) is 10.5 Å². The Hall–Kier alpha value is -6.61. The standard InChI is InChI=1S/C39H22N4O/c1-42-31-13-19-34(20-14-31)43(32-15-9-28(10-16-32)30-22-26(24-40)21-27(23-30)25-41)33-17-11-29(12-18-33)35-6-4-7-37-36-5-2-3-8-38(36)44-39(35)37/h2-23H. The quantitative estimate of drug-likeness (QED) is 0.196. The number of nitriles is 2. The van der Waals surface area contributed by atoms with Gasteiger partial charge in [-0.3, -0.25) is 0 Å². The molecular formula is C39H22N4O. The molecule has 44 heavy (non-hydrogen) atoms. The zero-order valence-corrected chi connectivity index (χ0v) is 23.4. The Kier molecular flexibility index (Phi) is 6.57. The first-order chi connectivity index (χ1) is 21.6. The van der Waals surface area contributed by atoms with Crippen LogP contribution in [0.15, 0.2) is 138 Å². The number of nitrogens with zero attached hydrogens (tertiary/aromatic N) is 4. The summed E-state index contributed by atoms with van der Waals surface area (Å²) in [6.45, 7) is 7.37. The summed E-state index contributed by atoms with van der Waals surface area (Å²) in [6.07, 6.45) is 0. The van der Waals surface area contributed by atoms with Crippen LogP contribution in [0.4, 0.5) is 22.7 Å². The number of hydrogen-bond acceptors (Lipinski definition) is 4. The van der Waals surface area contributed by atoms with Crippen molar-refractivity contribution in [2.75, 3.05) is 4.90 Å². The number of fused-ring (bicyclic) bond motifs is 3. The SMILES string of the molecule is [C-]#[N+]c1ccc(N(c2ccc(-c3cc(C#N)cc(C#N)c3)cc2)c2ccc(-c3cccc4c3oc3ccccc34)cc2)cc1. The number of para-hydroxylation sites is 2. The van der Waals surface area contributed by atoms with Crippen molar-refractivity contribution in [2.45, 2.75) is 0 Å². The lowest BCUT2D eigenvalue weighted by Gasteiger charge is -2.26. The summed E-state index contributed by atoms with van der Waals surface area (Å²) in [5, 5.41) is 21.0. The van der Waals surface area contributed by atoms with E-state index in [4.69, 9.17) is 11.0 Å². The first-order valence-corrected chi connectivity index (χ1v) is 14.0. The van der Waals surface area contributed by atoms with Crippen molar-refractivity contribution in [3.05, 3.63) is 156 Å². The van der Waals surface area contributed by atoms with Crippen LogP contribution in [0, 0.1) is 29.2 Å². The third-order valence-electron chi connectivity index (χ3n) is 7.73. The summed E-state index contributed by atoms with van der Waals surface area (Å²) < 4.78 is 6.28. The molecule has 7 rings (SSSR count). The van der Waals surface area contributed by atoms with Crippen molar-refractivity contribution >= 4 is 44.7 Å². The lowest BCUT2D eigenvalue weighted by Crippen LogP contribution is -2.09. The molecule has 5 nitrogen and oxygen atoms in total. The van der Waals surface area contributed by atoms with Crippen LogP contribution in [0.2, 0.25) is 0 Å². The molecule has 0 amide bonds. The molecule has 204 valence electrons. The molecule has 0 unspecified atom stereocenters. The van der Waals surface area contributed by atoms with E-state index in [0.29, 0.717) is 16.8 Å². The molecule has 0 saturated carbocycles. The fourth-order valence-corrected chi connectivity index (χ4v) is 5.61. The van der Waals surface area contributed by atoms with Gasteiger partial charge < -0.3 is 9.32 Å². The highest BCUT2D eigenvalue weighted by Crippen LogP contribution is 2.39. The molecule has 0 radical (unpaired) electrons. The Morgan fingerprint density at radius 2 is 1.14 bits per heavy atom. The number of rotatable bonds is 5. The summed E-state index contributed by atoms with van der Waals surface area (Å²) in [5.41, 5.74) is 9.77. The Balaban J connectivity index is 1.29. The maximum Gasteiger partial charge on any atom is 0.187 e. The third kappa shape index (κ3) is 4.70. The highest BCUT2D eigenvalue weighted by atomic mass is 16.3. The van der Waals surface area contributed by atoms with E-state index < -0.39 is 0 Å². The normalized spacial score (nSPS) is 10.7. The van der Waals surface area contributed by atoms with Crippen LogP contribution in [0.1, 0.15) is 11.1 Å². The molecule has 0 fully saturated rings. The van der Waals surface area contributed by atoms with E-state index in [1.165, 1.54) is 0 Å². The van der Waals surface area contributed by atoms with Gasteiger partial charge in [0.1, 0.15) is 11.2 Å². The Labute approximate surface area is 254 Å². The van der Waals surface area contributed by atoms with Gasteiger partial charge in [-0.25, -0.2) is 4.85 Å². The summed E-state index contributed by atoms with van der Waals surface area (Å²) in [4.78, 5) is 5.69. The van der Waals surface area contributed by atoms with Crippen molar-refractivity contribution in [2.24, 2.45) is 0 Å². The average molecular weight is 563 g/mol. The Morgan fingerprint density at radius 1 is 0.568 bits per heavy atom. The first-order valence-electron chi connectivity index (χ1n) is 14.0. The molecule has 0 aliphatic rings. The second kappa shape index (κ2) is 11.0. The topological polar surface area (TPSA) is 68.3 Å². The minimum absolute atomic E-state index is 0.447. The van der Waals surface area contributed by atoms with E-state index >= 15 is 0 Å². The molecule has 1 heterocycles. The minimum atomic E-state index is 0.447. The van der Waals surface area contributed by atoms with Gasteiger partial charge in [-0.1, -0.05) is 72.8 Å². The van der Waals surface area contributed by atoms with Crippen LogP contribution >= 0.6 is 0 Å². The smallest absolute Gasteiger partial charge is 0.187 e. The highest BCUT2D eigenvalue weighted by Gasteiger charge is 2.16. The Morgan fingerprint density at radius 3 is 1.75 bits per heavy atom. The van der Waals surface area contributed by atoms with Crippen molar-refractivity contribution in [3.8, 4) is 34.4 Å². The second-order valence-corrected chi connectivity index (χ2v) is 10.4. The molecular weight excluding hydrogens is 540 g/mol. The number of furan rings is 1. The van der Waals surface area contributed by atoms with E-state index in [1.54, 1.807) is 18.2 Å². The van der Waals surface area contributed by atoms with E-state index in [1.807, 2.05) is 66.7 Å². The van der Waals surface area contributed by atoms with Gasteiger partial charge in [-0.15, -0.1) is 0 Å². The van der Waals surface area contributed by atoms with Gasteiger partial charge in [0.2, 0.25) is 0 Å². The van der Waals surface area contributed by atoms with Crippen molar-refractivity contribution < 1.29 is 4.42 Å². The monoisotopic (exact) mass is 562 g/mol. The van der Waals surface area contributed by atoms with E-state index in [2.05, 4.69) is 70.4 Å². The van der Waals surface area contributed by atoms with Gasteiger partial charge in [0.15, 0.2) is 5.69 Å². The van der Waals surface area contributed by atoms with Gasteiger partial charge in [-0.05, 0) is 77.4 Å². The van der Waals surface area contributed by atoms with Gasteiger partial charge in [0.05, 0.1) is 29.8 Å². The molecule has 0 bridgehead atoms. The fourth-order valence-electron chi connectivity index (χ4n) is 5.61. The van der Waals surface area contributed by atoms with Crippen molar-refractivity contribution in [1.29, 1.82) is 10.5 Å². The highest BCUT2D eigenvalue weighted by molar-refractivity contribution is 6.09. The lowest BCUT2D eigenvalue weighted by atomic mass is 10.00. The first kappa shape index (κ1) is 26.3. The summed E-state index contributed by atoms with van der Waals surface area (Å²) in [5.74, 6) is 0. The summed E-state index contributed by atoms with van der Waals surface area (Å²) in [7, 11) is 0. The summed E-state index contributed by atoms with van der Waals surface area (Å²) in [6, 6.07) is 47.7. The lowest BCUT2D eigenvalue weighted by molar-refractivity contribution is 0.670. The molecule has 0 N–H and O–H groups in total. The van der Waals surface area contributed by atoms with Gasteiger partial charge in [0.25, 0.3) is 0 Å². The predicted molar refractivity (Wildman–Crippen MR) is 175 cm³/mol. The third-order valence-corrected chi connectivity index (χ3v) is 7.73. The number of hydrogen-bond donors (Lipinski definition) is 0. The maximum atomic E-state index is 9.42. The van der Waals surface area contributed by atoms with Crippen molar-refractivity contribution in [3.63, 3.8) is 0 Å². The van der Waals surface area contributed by atoms with Crippen LogP contribution < -0.4 is 4.90 Å². The molecule has 0 spiro atoms. The van der Waals surface area contributed by atoms with Gasteiger partial charge in [0, 0.05) is 33.4 Å². The number of benzene rings is 6. The van der Waals surface area contributed by atoms with Gasteiger partial charge in [-0.2, -0.15) is 10.5 Å². The van der Waals surface area contributed by atoms with Crippen LogP contribution in [0.5, 0.6) is 0 Å². The zero-order valence-electron chi connectivity index (χ0n) is 23.4. The summed E-state index contributed by atoms with van der Waals surface area (Å²) >= 11 is 0.